The number of nitrogens with two attached hydrogens (primary N) is 1. The van der Waals surface area contributed by atoms with Crippen LogP contribution in [0.1, 0.15) is 37.3 Å². The molecule has 1 saturated heterocycles. The van der Waals surface area contributed by atoms with Gasteiger partial charge < -0.3 is 5.73 Å². The van der Waals surface area contributed by atoms with Crippen LogP contribution in [0.3, 0.4) is 0 Å². The zero-order valence-electron chi connectivity index (χ0n) is 11.3. The van der Waals surface area contributed by atoms with Crippen molar-refractivity contribution in [1.82, 2.24) is 4.90 Å². The van der Waals surface area contributed by atoms with E-state index in [1.165, 1.54) is 12.8 Å². The van der Waals surface area contributed by atoms with Crippen LogP contribution < -0.4 is 5.73 Å². The standard InChI is InChI=1S/C15H23FN2/c1-11-6-7-15(16)13(8-11)10-18-12(2)4-3-5-14(18)9-17/h6-8,12,14H,3-5,9-10,17H2,1-2H3. The number of rotatable bonds is 3. The Morgan fingerprint density at radius 2 is 2.17 bits per heavy atom. The molecule has 100 valence electrons. The molecule has 1 aliphatic heterocycles. The van der Waals surface area contributed by atoms with Crippen LogP contribution in [0.4, 0.5) is 4.39 Å². The summed E-state index contributed by atoms with van der Waals surface area (Å²) >= 11 is 0. The van der Waals surface area contributed by atoms with E-state index in [1.54, 1.807) is 6.07 Å². The van der Waals surface area contributed by atoms with Crippen molar-refractivity contribution in [3.8, 4) is 0 Å². The first-order valence-electron chi connectivity index (χ1n) is 6.82. The molecule has 0 aromatic heterocycles. The quantitative estimate of drug-likeness (QED) is 0.894. The maximum absolute atomic E-state index is 13.8. The Hall–Kier alpha value is -0.930. The lowest BCUT2D eigenvalue weighted by Gasteiger charge is -2.40. The summed E-state index contributed by atoms with van der Waals surface area (Å²) in [5.41, 5.74) is 7.75. The summed E-state index contributed by atoms with van der Waals surface area (Å²) in [6.07, 6.45) is 3.55. The first-order valence-corrected chi connectivity index (χ1v) is 6.82. The molecule has 2 unspecified atom stereocenters. The zero-order chi connectivity index (χ0) is 13.1. The molecule has 1 heterocycles. The molecular weight excluding hydrogens is 227 g/mol. The Labute approximate surface area is 109 Å². The molecule has 1 fully saturated rings. The lowest BCUT2D eigenvalue weighted by Crippen LogP contribution is -2.48. The van der Waals surface area contributed by atoms with Gasteiger partial charge in [-0.3, -0.25) is 4.90 Å². The van der Waals surface area contributed by atoms with Gasteiger partial charge in [0.15, 0.2) is 0 Å². The molecule has 0 aliphatic carbocycles. The molecule has 2 rings (SSSR count). The number of benzene rings is 1. The Kier molecular flexibility index (Phi) is 4.36. The highest BCUT2D eigenvalue weighted by atomic mass is 19.1. The van der Waals surface area contributed by atoms with E-state index >= 15 is 0 Å². The minimum absolute atomic E-state index is 0.103. The summed E-state index contributed by atoms with van der Waals surface area (Å²) in [7, 11) is 0. The van der Waals surface area contributed by atoms with Crippen LogP contribution in [-0.2, 0) is 6.54 Å². The van der Waals surface area contributed by atoms with Gasteiger partial charge >= 0.3 is 0 Å². The minimum Gasteiger partial charge on any atom is -0.329 e. The SMILES string of the molecule is Cc1ccc(F)c(CN2C(C)CCCC2CN)c1. The molecule has 2 N–H and O–H groups in total. The molecule has 0 spiro atoms. The number of hydrogen-bond donors (Lipinski definition) is 1. The van der Waals surface area contributed by atoms with Crippen molar-refractivity contribution in [3.05, 3.63) is 35.1 Å². The second-order valence-corrected chi connectivity index (χ2v) is 5.44. The number of hydrogen-bond acceptors (Lipinski definition) is 2. The van der Waals surface area contributed by atoms with E-state index in [4.69, 9.17) is 5.73 Å². The van der Waals surface area contributed by atoms with Gasteiger partial charge in [-0.05, 0) is 32.8 Å². The van der Waals surface area contributed by atoms with E-state index in [0.29, 0.717) is 25.2 Å². The van der Waals surface area contributed by atoms with Crippen molar-refractivity contribution in [2.24, 2.45) is 5.73 Å². The fraction of sp³-hybridized carbons (Fsp3) is 0.600. The summed E-state index contributed by atoms with van der Waals surface area (Å²) in [5, 5.41) is 0. The van der Waals surface area contributed by atoms with Crippen molar-refractivity contribution < 1.29 is 4.39 Å². The lowest BCUT2D eigenvalue weighted by atomic mass is 9.95. The van der Waals surface area contributed by atoms with Crippen molar-refractivity contribution in [2.75, 3.05) is 6.54 Å². The largest absolute Gasteiger partial charge is 0.329 e. The monoisotopic (exact) mass is 250 g/mol. The summed E-state index contributed by atoms with van der Waals surface area (Å²) in [6.45, 7) is 5.56. The number of nitrogens with zero attached hydrogens (tertiary/aromatic N) is 1. The molecule has 1 aromatic carbocycles. The Balaban J connectivity index is 2.17. The molecular formula is C15H23FN2. The third-order valence-corrected chi connectivity index (χ3v) is 4.02. The Bertz CT molecular complexity index is 405. The Morgan fingerprint density at radius 3 is 2.89 bits per heavy atom. The van der Waals surface area contributed by atoms with E-state index in [2.05, 4.69) is 11.8 Å². The van der Waals surface area contributed by atoms with E-state index in [9.17, 15) is 4.39 Å². The van der Waals surface area contributed by atoms with Crippen LogP contribution in [0, 0.1) is 12.7 Å². The van der Waals surface area contributed by atoms with Crippen molar-refractivity contribution in [3.63, 3.8) is 0 Å². The van der Waals surface area contributed by atoms with Crippen molar-refractivity contribution in [2.45, 2.75) is 51.7 Å². The van der Waals surface area contributed by atoms with Gasteiger partial charge in [-0.15, -0.1) is 0 Å². The van der Waals surface area contributed by atoms with Crippen molar-refractivity contribution >= 4 is 0 Å². The molecule has 0 bridgehead atoms. The average molecular weight is 250 g/mol. The van der Waals surface area contributed by atoms with E-state index < -0.39 is 0 Å². The second kappa shape index (κ2) is 5.81. The average Bonchev–Trinajstić information content (AvgIpc) is 2.36. The maximum atomic E-state index is 13.8. The molecule has 2 nitrogen and oxygen atoms in total. The molecule has 2 atom stereocenters. The predicted molar refractivity (Wildman–Crippen MR) is 72.8 cm³/mol. The van der Waals surface area contributed by atoms with Gasteiger partial charge in [-0.25, -0.2) is 4.39 Å². The van der Waals surface area contributed by atoms with Crippen LogP contribution >= 0.6 is 0 Å². The van der Waals surface area contributed by atoms with Gasteiger partial charge in [-0.1, -0.05) is 24.1 Å². The molecule has 1 aromatic rings. The van der Waals surface area contributed by atoms with Gasteiger partial charge in [0, 0.05) is 30.7 Å². The summed E-state index contributed by atoms with van der Waals surface area (Å²) in [5.74, 6) is -0.103. The number of piperidine rings is 1. The summed E-state index contributed by atoms with van der Waals surface area (Å²) in [6, 6.07) is 6.22. The highest BCUT2D eigenvalue weighted by Crippen LogP contribution is 2.25. The van der Waals surface area contributed by atoms with Crippen LogP contribution in [-0.4, -0.2) is 23.5 Å². The summed E-state index contributed by atoms with van der Waals surface area (Å²) < 4.78 is 13.8. The van der Waals surface area contributed by atoms with Crippen LogP contribution in [0.25, 0.3) is 0 Å². The van der Waals surface area contributed by atoms with E-state index in [0.717, 1.165) is 17.5 Å². The highest BCUT2D eigenvalue weighted by Gasteiger charge is 2.27. The Morgan fingerprint density at radius 1 is 1.39 bits per heavy atom. The first kappa shape index (κ1) is 13.5. The van der Waals surface area contributed by atoms with E-state index in [-0.39, 0.29) is 5.82 Å². The normalized spacial score (nSPS) is 25.3. The zero-order valence-corrected chi connectivity index (χ0v) is 11.3. The smallest absolute Gasteiger partial charge is 0.127 e. The van der Waals surface area contributed by atoms with Gasteiger partial charge in [0.2, 0.25) is 0 Å². The third-order valence-electron chi connectivity index (χ3n) is 4.02. The lowest BCUT2D eigenvalue weighted by molar-refractivity contribution is 0.0880. The van der Waals surface area contributed by atoms with Gasteiger partial charge in [0.1, 0.15) is 5.82 Å². The fourth-order valence-corrected chi connectivity index (χ4v) is 2.90. The number of aryl methyl sites for hydroxylation is 1. The number of likely N-dealkylation sites (tertiary alicyclic amines) is 1. The van der Waals surface area contributed by atoms with Gasteiger partial charge in [-0.2, -0.15) is 0 Å². The summed E-state index contributed by atoms with van der Waals surface area (Å²) in [4.78, 5) is 2.36. The topological polar surface area (TPSA) is 29.3 Å². The molecule has 1 aliphatic rings. The first-order chi connectivity index (χ1) is 8.61. The van der Waals surface area contributed by atoms with Crippen LogP contribution in [0.2, 0.25) is 0 Å². The third kappa shape index (κ3) is 2.90. The molecule has 3 heteroatoms. The molecule has 0 amide bonds. The molecule has 18 heavy (non-hydrogen) atoms. The molecule has 0 radical (unpaired) electrons. The van der Waals surface area contributed by atoms with Gasteiger partial charge in [0.25, 0.3) is 0 Å². The van der Waals surface area contributed by atoms with Crippen LogP contribution in [0.5, 0.6) is 0 Å². The van der Waals surface area contributed by atoms with Crippen molar-refractivity contribution in [1.29, 1.82) is 0 Å². The van der Waals surface area contributed by atoms with E-state index in [1.807, 2.05) is 19.1 Å². The minimum atomic E-state index is -0.103. The van der Waals surface area contributed by atoms with Crippen LogP contribution in [0.15, 0.2) is 18.2 Å². The maximum Gasteiger partial charge on any atom is 0.127 e. The fourth-order valence-electron chi connectivity index (χ4n) is 2.90. The second-order valence-electron chi connectivity index (χ2n) is 5.44. The molecule has 0 saturated carbocycles. The van der Waals surface area contributed by atoms with Gasteiger partial charge in [0.05, 0.1) is 0 Å². The predicted octanol–water partition coefficient (Wildman–Crippen LogP) is 2.84. The highest BCUT2D eigenvalue weighted by molar-refractivity contribution is 5.24. The number of halogens is 1.